The van der Waals surface area contributed by atoms with E-state index < -0.39 is 6.10 Å². The van der Waals surface area contributed by atoms with Crippen LogP contribution in [-0.4, -0.2) is 37.2 Å². The van der Waals surface area contributed by atoms with E-state index >= 15 is 0 Å². The van der Waals surface area contributed by atoms with Crippen LogP contribution in [0.3, 0.4) is 0 Å². The van der Waals surface area contributed by atoms with Crippen LogP contribution in [-0.2, 0) is 28.6 Å². The Balaban J connectivity index is 4.33. The topological polar surface area (TPSA) is 78.9 Å². The molecule has 0 aliphatic carbocycles. The fourth-order valence-corrected chi connectivity index (χ4v) is 8.62. The summed E-state index contributed by atoms with van der Waals surface area (Å²) in [5.41, 5.74) is 0. The van der Waals surface area contributed by atoms with Crippen molar-refractivity contribution in [3.8, 4) is 0 Å². The maximum absolute atomic E-state index is 12.8. The van der Waals surface area contributed by atoms with Gasteiger partial charge in [-0.15, -0.1) is 0 Å². The van der Waals surface area contributed by atoms with Gasteiger partial charge in [0.2, 0.25) is 0 Å². The zero-order chi connectivity index (χ0) is 47.2. The van der Waals surface area contributed by atoms with Gasteiger partial charge in [-0.25, -0.2) is 0 Å². The molecule has 0 aromatic rings. The van der Waals surface area contributed by atoms with E-state index in [1.165, 1.54) is 218 Å². The van der Waals surface area contributed by atoms with Crippen molar-refractivity contribution in [1.29, 1.82) is 0 Å². The van der Waals surface area contributed by atoms with Gasteiger partial charge in [0.05, 0.1) is 0 Å². The number of carbonyl (C=O) groups excluding carboxylic acids is 3. The zero-order valence-electron chi connectivity index (χ0n) is 43.8. The molecule has 1 atom stereocenters. The Morgan fingerprint density at radius 2 is 0.585 bits per heavy atom. The second-order valence-electron chi connectivity index (χ2n) is 19.6. The number of rotatable bonds is 53. The van der Waals surface area contributed by atoms with Crippen molar-refractivity contribution < 1.29 is 28.6 Å². The van der Waals surface area contributed by atoms with Gasteiger partial charge in [0, 0.05) is 19.3 Å². The highest BCUT2D eigenvalue weighted by molar-refractivity contribution is 5.71. The second-order valence-corrected chi connectivity index (χ2v) is 19.6. The fourth-order valence-electron chi connectivity index (χ4n) is 8.62. The van der Waals surface area contributed by atoms with Crippen LogP contribution in [0.2, 0.25) is 0 Å². The van der Waals surface area contributed by atoms with Crippen molar-refractivity contribution in [2.45, 2.75) is 322 Å². The van der Waals surface area contributed by atoms with Gasteiger partial charge >= 0.3 is 17.9 Å². The van der Waals surface area contributed by atoms with Gasteiger partial charge in [0.1, 0.15) is 13.2 Å². The maximum atomic E-state index is 12.8. The standard InChI is InChI=1S/C59H110O6/c1-4-7-10-13-16-19-22-25-27-28-29-30-32-34-37-40-43-46-49-52-58(61)64-55-56(54-63-57(60)51-48-45-42-39-36-33-24-21-18-15-12-9-6-3)65-59(62)53-50-47-44-41-38-35-31-26-23-20-17-14-11-8-5-2/h33,36,42,45,56H,4-32,34-35,37-41,43-44,46-55H2,1-3H3/b36-33-,45-42-. The van der Waals surface area contributed by atoms with E-state index in [1.807, 2.05) is 6.08 Å². The fraction of sp³-hybridized carbons (Fsp3) is 0.881. The van der Waals surface area contributed by atoms with Gasteiger partial charge in [0.25, 0.3) is 0 Å². The van der Waals surface area contributed by atoms with Crippen molar-refractivity contribution >= 4 is 17.9 Å². The molecule has 0 heterocycles. The number of esters is 3. The first kappa shape index (κ1) is 62.9. The quantitative estimate of drug-likeness (QED) is 0.0262. The second kappa shape index (κ2) is 54.5. The Morgan fingerprint density at radius 3 is 0.938 bits per heavy atom. The lowest BCUT2D eigenvalue weighted by Crippen LogP contribution is -2.30. The molecular formula is C59H110O6. The van der Waals surface area contributed by atoms with Crippen molar-refractivity contribution in [3.05, 3.63) is 24.3 Å². The van der Waals surface area contributed by atoms with Crippen LogP contribution in [0.4, 0.5) is 0 Å². The monoisotopic (exact) mass is 915 g/mol. The van der Waals surface area contributed by atoms with Gasteiger partial charge in [-0.05, 0) is 38.5 Å². The smallest absolute Gasteiger partial charge is 0.306 e. The summed E-state index contributed by atoms with van der Waals surface area (Å²) in [5.74, 6) is -0.932. The van der Waals surface area contributed by atoms with E-state index in [0.29, 0.717) is 19.3 Å². The Labute approximate surface area is 404 Å². The van der Waals surface area contributed by atoms with E-state index in [1.54, 1.807) is 0 Å². The third-order valence-corrected chi connectivity index (χ3v) is 13.0. The number of ether oxygens (including phenoxy) is 3. The first-order valence-corrected chi connectivity index (χ1v) is 28.8. The Morgan fingerprint density at radius 1 is 0.308 bits per heavy atom. The molecule has 382 valence electrons. The van der Waals surface area contributed by atoms with E-state index in [9.17, 15) is 14.4 Å². The van der Waals surface area contributed by atoms with E-state index in [-0.39, 0.29) is 37.5 Å². The molecule has 0 aromatic heterocycles. The van der Waals surface area contributed by atoms with Crippen LogP contribution >= 0.6 is 0 Å². The maximum Gasteiger partial charge on any atom is 0.306 e. The first-order chi connectivity index (χ1) is 32.0. The average Bonchev–Trinajstić information content (AvgIpc) is 3.30. The Kier molecular flexibility index (Phi) is 52.7. The molecule has 65 heavy (non-hydrogen) atoms. The summed E-state index contributed by atoms with van der Waals surface area (Å²) in [5, 5.41) is 0. The highest BCUT2D eigenvalue weighted by Crippen LogP contribution is 2.17. The molecule has 0 aromatic carbocycles. The molecule has 0 rings (SSSR count). The molecule has 6 nitrogen and oxygen atoms in total. The lowest BCUT2D eigenvalue weighted by molar-refractivity contribution is -0.166. The molecule has 0 bridgehead atoms. The zero-order valence-corrected chi connectivity index (χ0v) is 43.8. The van der Waals surface area contributed by atoms with Gasteiger partial charge in [-0.2, -0.15) is 0 Å². The van der Waals surface area contributed by atoms with Crippen molar-refractivity contribution in [2.75, 3.05) is 13.2 Å². The Bertz CT molecular complexity index is 1050. The summed E-state index contributed by atoms with van der Waals surface area (Å²) in [7, 11) is 0. The molecule has 0 saturated heterocycles. The molecule has 0 N–H and O–H groups in total. The van der Waals surface area contributed by atoms with Gasteiger partial charge < -0.3 is 14.2 Å². The summed E-state index contributed by atoms with van der Waals surface area (Å²) in [6.07, 6.45) is 63.3. The molecule has 6 heteroatoms. The minimum atomic E-state index is -0.788. The number of unbranched alkanes of at least 4 members (excludes halogenated alkanes) is 38. The highest BCUT2D eigenvalue weighted by atomic mass is 16.6. The highest BCUT2D eigenvalue weighted by Gasteiger charge is 2.19. The summed E-state index contributed by atoms with van der Waals surface area (Å²) in [4.78, 5) is 38.1. The molecule has 0 aliphatic rings. The first-order valence-electron chi connectivity index (χ1n) is 28.8. The van der Waals surface area contributed by atoms with Crippen LogP contribution in [0.5, 0.6) is 0 Å². The molecule has 0 amide bonds. The summed E-state index contributed by atoms with van der Waals surface area (Å²) < 4.78 is 16.8. The summed E-state index contributed by atoms with van der Waals surface area (Å²) >= 11 is 0. The molecule has 0 saturated carbocycles. The van der Waals surface area contributed by atoms with Crippen LogP contribution in [0, 0.1) is 0 Å². The molecule has 0 radical (unpaired) electrons. The van der Waals surface area contributed by atoms with E-state index in [0.717, 1.165) is 51.4 Å². The van der Waals surface area contributed by atoms with Gasteiger partial charge in [-0.1, -0.05) is 283 Å². The average molecular weight is 916 g/mol. The lowest BCUT2D eigenvalue weighted by atomic mass is 10.0. The van der Waals surface area contributed by atoms with E-state index in [2.05, 4.69) is 39.0 Å². The number of hydrogen-bond acceptors (Lipinski definition) is 6. The molecule has 0 aliphatic heterocycles. The Hall–Kier alpha value is -2.11. The third-order valence-electron chi connectivity index (χ3n) is 13.0. The lowest BCUT2D eigenvalue weighted by Gasteiger charge is -2.18. The predicted octanol–water partition coefficient (Wildman–Crippen LogP) is 19.1. The molecule has 1 unspecified atom stereocenters. The van der Waals surface area contributed by atoms with E-state index in [4.69, 9.17) is 14.2 Å². The van der Waals surface area contributed by atoms with Crippen molar-refractivity contribution in [2.24, 2.45) is 0 Å². The van der Waals surface area contributed by atoms with Crippen LogP contribution in [0.25, 0.3) is 0 Å². The van der Waals surface area contributed by atoms with Crippen LogP contribution in [0.1, 0.15) is 316 Å². The van der Waals surface area contributed by atoms with Gasteiger partial charge in [0.15, 0.2) is 6.10 Å². The van der Waals surface area contributed by atoms with Crippen molar-refractivity contribution in [3.63, 3.8) is 0 Å². The van der Waals surface area contributed by atoms with Gasteiger partial charge in [-0.3, -0.25) is 14.4 Å². The number of allylic oxidation sites excluding steroid dienone is 4. The third kappa shape index (κ3) is 52.7. The van der Waals surface area contributed by atoms with Crippen molar-refractivity contribution in [1.82, 2.24) is 0 Å². The summed E-state index contributed by atoms with van der Waals surface area (Å²) in [6.45, 7) is 6.63. The molecule has 0 fully saturated rings. The largest absolute Gasteiger partial charge is 0.462 e. The predicted molar refractivity (Wildman–Crippen MR) is 279 cm³/mol. The molecular weight excluding hydrogens is 805 g/mol. The summed E-state index contributed by atoms with van der Waals surface area (Å²) in [6, 6.07) is 0. The minimum absolute atomic E-state index is 0.0825. The normalized spacial score (nSPS) is 12.1. The minimum Gasteiger partial charge on any atom is -0.462 e. The molecule has 0 spiro atoms. The SMILES string of the molecule is CCCCCCCC/C=C\C/C=C\CCC(=O)OCC(COC(=O)CCCCCCCCCCCCCCCCCCCCC)OC(=O)CCCCCCCCCCCCCCCCC. The van der Waals surface area contributed by atoms with Crippen LogP contribution < -0.4 is 0 Å². The number of carbonyl (C=O) groups is 3. The number of hydrogen-bond donors (Lipinski definition) is 0. The van der Waals surface area contributed by atoms with Crippen LogP contribution in [0.15, 0.2) is 24.3 Å².